The number of benzene rings is 1. The number of nitrogens with two attached hydrogens (primary N) is 1. The normalized spacial score (nSPS) is 16.9. The second-order valence-electron chi connectivity index (χ2n) is 6.08. The van der Waals surface area contributed by atoms with E-state index >= 15 is 0 Å². The number of hydrogen-bond donors (Lipinski definition) is 3. The van der Waals surface area contributed by atoms with E-state index in [1.165, 1.54) is 0 Å². The van der Waals surface area contributed by atoms with Crippen LogP contribution in [0.3, 0.4) is 0 Å². The van der Waals surface area contributed by atoms with Crippen molar-refractivity contribution < 1.29 is 14.4 Å². The summed E-state index contributed by atoms with van der Waals surface area (Å²) in [5, 5.41) is 0.982. The third-order valence-corrected chi connectivity index (χ3v) is 5.22. The average molecular weight is 336 g/mol. The van der Waals surface area contributed by atoms with Crippen molar-refractivity contribution in [2.75, 3.05) is 29.9 Å². The van der Waals surface area contributed by atoms with Gasteiger partial charge in [-0.05, 0) is 43.4 Å². The van der Waals surface area contributed by atoms with Crippen molar-refractivity contribution in [3.05, 3.63) is 24.5 Å². The molecule has 124 valence electrons. The van der Waals surface area contributed by atoms with Gasteiger partial charge in [0.25, 0.3) is 0 Å². The van der Waals surface area contributed by atoms with E-state index < -0.39 is 7.60 Å². The van der Waals surface area contributed by atoms with E-state index in [1.54, 1.807) is 6.33 Å². The number of hydrogen-bond acceptors (Lipinski definition) is 5. The molecular weight excluding hydrogens is 315 g/mol. The van der Waals surface area contributed by atoms with Gasteiger partial charge in [0.1, 0.15) is 12.1 Å². The highest BCUT2D eigenvalue weighted by Crippen LogP contribution is 2.38. The standard InChI is InChI=1S/C15H21N4O3P/c16-12-1-2-13-14(9-12)17-10-18-15(13)19-6-3-11(4-7-19)5-8-23(20,21)22/h1-2,9-11H,3-8,16H2,(H2,20,21,22). The largest absolute Gasteiger partial charge is 0.399 e. The Morgan fingerprint density at radius 1 is 1.26 bits per heavy atom. The Balaban J connectivity index is 1.69. The molecule has 0 radical (unpaired) electrons. The van der Waals surface area contributed by atoms with Crippen molar-refractivity contribution in [2.45, 2.75) is 19.3 Å². The van der Waals surface area contributed by atoms with Gasteiger partial charge in [0, 0.05) is 24.2 Å². The number of fused-ring (bicyclic) bond motifs is 1. The summed E-state index contributed by atoms with van der Waals surface area (Å²) in [4.78, 5) is 28.9. The Labute approximate surface area is 134 Å². The number of nitrogens with zero attached hydrogens (tertiary/aromatic N) is 3. The van der Waals surface area contributed by atoms with E-state index in [4.69, 9.17) is 15.5 Å². The maximum absolute atomic E-state index is 11.0. The highest BCUT2D eigenvalue weighted by molar-refractivity contribution is 7.51. The van der Waals surface area contributed by atoms with E-state index in [0.29, 0.717) is 18.0 Å². The fraction of sp³-hybridized carbons (Fsp3) is 0.467. The van der Waals surface area contributed by atoms with Gasteiger partial charge in [0.15, 0.2) is 0 Å². The zero-order chi connectivity index (χ0) is 16.4. The molecule has 7 nitrogen and oxygen atoms in total. The van der Waals surface area contributed by atoms with Crippen molar-refractivity contribution in [2.24, 2.45) is 5.92 Å². The molecule has 0 aliphatic carbocycles. The maximum atomic E-state index is 11.0. The molecule has 4 N–H and O–H groups in total. The SMILES string of the molecule is Nc1ccc2c(N3CCC(CCP(=O)(O)O)CC3)ncnc2c1. The summed E-state index contributed by atoms with van der Waals surface area (Å²) in [6.45, 7) is 1.67. The molecule has 3 rings (SSSR count). The molecule has 0 spiro atoms. The summed E-state index contributed by atoms with van der Waals surface area (Å²) in [5.74, 6) is 1.27. The van der Waals surface area contributed by atoms with E-state index in [2.05, 4.69) is 14.9 Å². The van der Waals surface area contributed by atoms with Crippen LogP contribution in [0.15, 0.2) is 24.5 Å². The van der Waals surface area contributed by atoms with Crippen LogP contribution < -0.4 is 10.6 Å². The molecule has 23 heavy (non-hydrogen) atoms. The molecule has 1 aromatic carbocycles. The van der Waals surface area contributed by atoms with Crippen molar-refractivity contribution in [1.29, 1.82) is 0 Å². The van der Waals surface area contributed by atoms with Crippen LogP contribution in [0, 0.1) is 5.92 Å². The van der Waals surface area contributed by atoms with Gasteiger partial charge in [-0.1, -0.05) is 0 Å². The Kier molecular flexibility index (Phi) is 4.53. The van der Waals surface area contributed by atoms with E-state index in [0.717, 1.165) is 42.7 Å². The van der Waals surface area contributed by atoms with Crippen LogP contribution in [-0.2, 0) is 4.57 Å². The van der Waals surface area contributed by atoms with Crippen LogP contribution in [0.1, 0.15) is 19.3 Å². The zero-order valence-corrected chi connectivity index (χ0v) is 13.7. The molecule has 1 saturated heterocycles. The first-order chi connectivity index (χ1) is 10.9. The Bertz CT molecular complexity index is 741. The molecule has 1 aliphatic rings. The molecular formula is C15H21N4O3P. The number of nitrogen functional groups attached to an aromatic ring is 1. The van der Waals surface area contributed by atoms with Crippen LogP contribution >= 0.6 is 7.60 Å². The van der Waals surface area contributed by atoms with Crippen LogP contribution in [0.4, 0.5) is 11.5 Å². The molecule has 1 fully saturated rings. The van der Waals surface area contributed by atoms with Crippen molar-refractivity contribution >= 4 is 30.0 Å². The molecule has 1 aromatic heterocycles. The van der Waals surface area contributed by atoms with Gasteiger partial charge in [-0.25, -0.2) is 9.97 Å². The summed E-state index contributed by atoms with van der Waals surface area (Å²) in [7, 11) is -3.89. The monoisotopic (exact) mass is 336 g/mol. The molecule has 8 heteroatoms. The van der Waals surface area contributed by atoms with Gasteiger partial charge >= 0.3 is 7.60 Å². The van der Waals surface area contributed by atoms with Crippen LogP contribution in [0.2, 0.25) is 0 Å². The average Bonchev–Trinajstić information content (AvgIpc) is 2.52. The Morgan fingerprint density at radius 2 is 2.00 bits per heavy atom. The lowest BCUT2D eigenvalue weighted by atomic mass is 9.94. The summed E-state index contributed by atoms with van der Waals surface area (Å²) in [6.07, 6.45) is 3.95. The smallest absolute Gasteiger partial charge is 0.325 e. The zero-order valence-electron chi connectivity index (χ0n) is 12.8. The fourth-order valence-electron chi connectivity index (χ4n) is 3.10. The minimum absolute atomic E-state index is 0.0205. The van der Waals surface area contributed by atoms with E-state index in [9.17, 15) is 4.57 Å². The number of anilines is 2. The highest BCUT2D eigenvalue weighted by atomic mass is 31.2. The van der Waals surface area contributed by atoms with Crippen molar-refractivity contribution in [3.63, 3.8) is 0 Å². The van der Waals surface area contributed by atoms with Gasteiger partial charge in [0.2, 0.25) is 0 Å². The second-order valence-corrected chi connectivity index (χ2v) is 7.86. The molecule has 1 aliphatic heterocycles. The summed E-state index contributed by atoms with van der Waals surface area (Å²) in [5.41, 5.74) is 7.31. The third kappa shape index (κ3) is 3.99. The Morgan fingerprint density at radius 3 is 2.70 bits per heavy atom. The highest BCUT2D eigenvalue weighted by Gasteiger charge is 2.24. The first kappa shape index (κ1) is 16.2. The lowest BCUT2D eigenvalue weighted by Gasteiger charge is -2.33. The van der Waals surface area contributed by atoms with Crippen molar-refractivity contribution in [3.8, 4) is 0 Å². The van der Waals surface area contributed by atoms with Crippen LogP contribution in [-0.4, -0.2) is 39.0 Å². The van der Waals surface area contributed by atoms with Crippen LogP contribution in [0.25, 0.3) is 10.9 Å². The topological polar surface area (TPSA) is 113 Å². The summed E-state index contributed by atoms with van der Waals surface area (Å²) < 4.78 is 11.0. The first-order valence-corrected chi connectivity index (χ1v) is 9.52. The predicted octanol–water partition coefficient (Wildman–Crippen LogP) is 2.00. The molecule has 0 amide bonds. The lowest BCUT2D eigenvalue weighted by molar-refractivity contribution is 0.350. The molecule has 0 bridgehead atoms. The second kappa shape index (κ2) is 6.43. The molecule has 0 saturated carbocycles. The quantitative estimate of drug-likeness (QED) is 0.578. The minimum atomic E-state index is -3.89. The summed E-state index contributed by atoms with van der Waals surface area (Å²) >= 11 is 0. The van der Waals surface area contributed by atoms with Crippen LogP contribution in [0.5, 0.6) is 0 Å². The fourth-order valence-corrected chi connectivity index (χ4v) is 3.80. The van der Waals surface area contributed by atoms with Crippen molar-refractivity contribution in [1.82, 2.24) is 9.97 Å². The molecule has 0 atom stereocenters. The van der Waals surface area contributed by atoms with Gasteiger partial charge in [-0.15, -0.1) is 0 Å². The lowest BCUT2D eigenvalue weighted by Crippen LogP contribution is -2.34. The minimum Gasteiger partial charge on any atom is -0.399 e. The van der Waals surface area contributed by atoms with Gasteiger partial charge < -0.3 is 20.4 Å². The van der Waals surface area contributed by atoms with E-state index in [-0.39, 0.29) is 6.16 Å². The number of aromatic nitrogens is 2. The third-order valence-electron chi connectivity index (χ3n) is 4.38. The predicted molar refractivity (Wildman–Crippen MR) is 90.4 cm³/mol. The first-order valence-electron chi connectivity index (χ1n) is 7.72. The molecule has 0 unspecified atom stereocenters. The van der Waals surface area contributed by atoms with Gasteiger partial charge in [-0.3, -0.25) is 4.57 Å². The Hall–Kier alpha value is -1.69. The van der Waals surface area contributed by atoms with Gasteiger partial charge in [-0.2, -0.15) is 0 Å². The number of rotatable bonds is 4. The number of piperidine rings is 1. The summed E-state index contributed by atoms with van der Waals surface area (Å²) in [6, 6.07) is 5.63. The molecule has 2 heterocycles. The van der Waals surface area contributed by atoms with E-state index in [1.807, 2.05) is 18.2 Å². The molecule has 2 aromatic rings. The van der Waals surface area contributed by atoms with Gasteiger partial charge in [0.05, 0.1) is 11.7 Å². The maximum Gasteiger partial charge on any atom is 0.325 e.